The summed E-state index contributed by atoms with van der Waals surface area (Å²) < 4.78 is 4.94. The van der Waals surface area contributed by atoms with Gasteiger partial charge in [-0.3, -0.25) is 9.59 Å². The number of amides is 1. The van der Waals surface area contributed by atoms with Gasteiger partial charge in [0.25, 0.3) is 0 Å². The molecule has 3 N–H and O–H groups in total. The minimum atomic E-state index is -0.452. The number of rotatable bonds is 1. The van der Waals surface area contributed by atoms with Gasteiger partial charge >= 0.3 is 0 Å². The Morgan fingerprint density at radius 1 is 1.12 bits per heavy atom. The smallest absolute Gasteiger partial charge is 0.248 e. The third-order valence-corrected chi connectivity index (χ3v) is 5.31. The van der Waals surface area contributed by atoms with E-state index in [-0.39, 0.29) is 16.6 Å². The number of fused-ring (bicyclic) bond motifs is 3. The van der Waals surface area contributed by atoms with Gasteiger partial charge in [0.2, 0.25) is 5.91 Å². The number of hydrogen-bond donors (Lipinski definition) is 2. The first kappa shape index (κ1) is 18.6. The average Bonchev–Trinajstić information content (AvgIpc) is 3.22. The number of aromatic nitrogens is 1. The van der Waals surface area contributed by atoms with Crippen LogP contribution in [0.5, 0.6) is 0 Å². The predicted octanol–water partition coefficient (Wildman–Crippen LogP) is 3.95. The van der Waals surface area contributed by atoms with E-state index in [0.717, 1.165) is 36.1 Å². The summed E-state index contributed by atoms with van der Waals surface area (Å²) >= 11 is 0. The highest BCUT2D eigenvalue weighted by Gasteiger charge is 2.45. The molecule has 1 aliphatic carbocycles. The van der Waals surface area contributed by atoms with Crippen LogP contribution in [0.1, 0.15) is 73.4 Å². The van der Waals surface area contributed by atoms with E-state index < -0.39 is 5.91 Å². The van der Waals surface area contributed by atoms with Crippen LogP contribution < -0.4 is 5.73 Å². The number of Topliss-reactive ketones (excluding diaryl/α,β-unsaturated/α-hetero) is 1. The molecule has 2 aliphatic rings. The molecule has 1 aromatic carbocycles. The molecule has 1 saturated heterocycles. The first-order chi connectivity index (χ1) is 12.1. The van der Waals surface area contributed by atoms with E-state index in [1.807, 2.05) is 19.9 Å². The summed E-state index contributed by atoms with van der Waals surface area (Å²) in [6.45, 7) is 10.3. The standard InChI is InChI=1S/C17H20N2O2.C4H8O/c1-16(2)8-17(3,4)14(20)13-12(16)10-7-9(15(18)21)5-6-11(10)19-13;1-2-4-5-3-1/h5-7,19H,8H2,1-4H3,(H2,18,21);1-4H2. The van der Waals surface area contributed by atoms with Gasteiger partial charge in [-0.25, -0.2) is 0 Å². The van der Waals surface area contributed by atoms with E-state index in [2.05, 4.69) is 18.8 Å². The number of H-pyrrole nitrogens is 1. The van der Waals surface area contributed by atoms with Gasteiger partial charge in [-0.2, -0.15) is 0 Å². The molecule has 1 fully saturated rings. The SMILES string of the molecule is C1CCOC1.CC1(C)CC(C)(C)c2c([nH]c3ccc(C(N)=O)cc23)C1=O. The zero-order valence-electron chi connectivity index (χ0n) is 16.1. The number of carbonyl (C=O) groups excluding carboxylic acids is 2. The Kier molecular flexibility index (Phi) is 4.69. The van der Waals surface area contributed by atoms with E-state index in [1.54, 1.807) is 12.1 Å². The average molecular weight is 356 g/mol. The zero-order valence-corrected chi connectivity index (χ0v) is 16.1. The van der Waals surface area contributed by atoms with Crippen molar-refractivity contribution >= 4 is 22.6 Å². The summed E-state index contributed by atoms with van der Waals surface area (Å²) in [7, 11) is 0. The van der Waals surface area contributed by atoms with Crippen molar-refractivity contribution in [2.45, 2.75) is 52.4 Å². The molecule has 4 rings (SSSR count). The summed E-state index contributed by atoms with van der Waals surface area (Å²) in [5.41, 5.74) is 7.88. The van der Waals surface area contributed by atoms with Crippen LogP contribution in [-0.2, 0) is 10.2 Å². The molecule has 5 nitrogen and oxygen atoms in total. The molecule has 5 heteroatoms. The third kappa shape index (κ3) is 3.28. The maximum absolute atomic E-state index is 12.7. The molecule has 0 unspecified atom stereocenters. The number of ketones is 1. The molecule has 2 heterocycles. The normalized spacial score (nSPS) is 20.4. The van der Waals surface area contributed by atoms with Crippen molar-refractivity contribution in [3.05, 3.63) is 35.0 Å². The van der Waals surface area contributed by atoms with Gasteiger partial charge in [0, 0.05) is 35.1 Å². The van der Waals surface area contributed by atoms with E-state index >= 15 is 0 Å². The molecule has 0 radical (unpaired) electrons. The van der Waals surface area contributed by atoms with Crippen LogP contribution >= 0.6 is 0 Å². The first-order valence-electron chi connectivity index (χ1n) is 9.22. The fourth-order valence-corrected chi connectivity index (χ4v) is 4.34. The number of carbonyl (C=O) groups is 2. The van der Waals surface area contributed by atoms with Gasteiger partial charge in [0.15, 0.2) is 5.78 Å². The highest BCUT2D eigenvalue weighted by molar-refractivity contribution is 6.08. The molecular weight excluding hydrogens is 328 g/mol. The van der Waals surface area contributed by atoms with Crippen molar-refractivity contribution in [3.8, 4) is 0 Å². The van der Waals surface area contributed by atoms with Crippen LogP contribution in [0.2, 0.25) is 0 Å². The molecule has 0 spiro atoms. The lowest BCUT2D eigenvalue weighted by Gasteiger charge is -2.39. The Bertz CT molecular complexity index is 850. The molecule has 0 bridgehead atoms. The Labute approximate surface area is 154 Å². The lowest BCUT2D eigenvalue weighted by atomic mass is 9.63. The minimum Gasteiger partial charge on any atom is -0.381 e. The largest absolute Gasteiger partial charge is 0.381 e. The second-order valence-corrected chi connectivity index (χ2v) is 8.59. The Balaban J connectivity index is 0.000000339. The van der Waals surface area contributed by atoms with E-state index in [4.69, 9.17) is 10.5 Å². The van der Waals surface area contributed by atoms with Gasteiger partial charge in [-0.1, -0.05) is 27.7 Å². The lowest BCUT2D eigenvalue weighted by Crippen LogP contribution is -2.39. The zero-order chi connectivity index (χ0) is 19.1. The molecule has 2 aromatic rings. The fraction of sp³-hybridized carbons (Fsp3) is 0.524. The highest BCUT2D eigenvalue weighted by atomic mass is 16.5. The van der Waals surface area contributed by atoms with Crippen molar-refractivity contribution in [2.75, 3.05) is 13.2 Å². The maximum atomic E-state index is 12.7. The van der Waals surface area contributed by atoms with Crippen molar-refractivity contribution in [3.63, 3.8) is 0 Å². The number of ether oxygens (including phenoxy) is 1. The molecule has 1 aliphatic heterocycles. The quantitative estimate of drug-likeness (QED) is 0.811. The van der Waals surface area contributed by atoms with E-state index in [0.29, 0.717) is 11.3 Å². The first-order valence-corrected chi connectivity index (χ1v) is 9.22. The third-order valence-electron chi connectivity index (χ3n) is 5.31. The van der Waals surface area contributed by atoms with Gasteiger partial charge in [0.05, 0.1) is 5.69 Å². The number of primary amides is 1. The molecule has 1 aromatic heterocycles. The summed E-state index contributed by atoms with van der Waals surface area (Å²) in [5, 5.41) is 0.926. The molecular formula is C21H28N2O3. The van der Waals surface area contributed by atoms with Gasteiger partial charge in [-0.05, 0) is 48.4 Å². The maximum Gasteiger partial charge on any atom is 0.248 e. The number of hydrogen-bond acceptors (Lipinski definition) is 3. The van der Waals surface area contributed by atoms with Gasteiger partial charge in [0.1, 0.15) is 0 Å². The van der Waals surface area contributed by atoms with Crippen LogP contribution in [0, 0.1) is 5.41 Å². The number of benzene rings is 1. The summed E-state index contributed by atoms with van der Waals surface area (Å²) in [4.78, 5) is 27.3. The van der Waals surface area contributed by atoms with Crippen molar-refractivity contribution in [1.82, 2.24) is 4.98 Å². The van der Waals surface area contributed by atoms with Gasteiger partial charge < -0.3 is 15.5 Å². The van der Waals surface area contributed by atoms with Crippen LogP contribution in [0.25, 0.3) is 10.9 Å². The van der Waals surface area contributed by atoms with Crippen LogP contribution in [0.15, 0.2) is 18.2 Å². The molecule has 140 valence electrons. The second kappa shape index (κ2) is 6.54. The monoisotopic (exact) mass is 356 g/mol. The Morgan fingerprint density at radius 3 is 2.31 bits per heavy atom. The number of aromatic amines is 1. The van der Waals surface area contributed by atoms with Crippen LogP contribution in [0.4, 0.5) is 0 Å². The minimum absolute atomic E-state index is 0.133. The summed E-state index contributed by atoms with van der Waals surface area (Å²) in [6, 6.07) is 5.31. The Hall–Kier alpha value is -2.14. The Morgan fingerprint density at radius 2 is 1.77 bits per heavy atom. The lowest BCUT2D eigenvalue weighted by molar-refractivity contribution is 0.0760. The van der Waals surface area contributed by atoms with E-state index in [9.17, 15) is 9.59 Å². The second-order valence-electron chi connectivity index (χ2n) is 8.59. The predicted molar refractivity (Wildman–Crippen MR) is 103 cm³/mol. The van der Waals surface area contributed by atoms with Crippen molar-refractivity contribution in [2.24, 2.45) is 11.1 Å². The van der Waals surface area contributed by atoms with Gasteiger partial charge in [-0.15, -0.1) is 0 Å². The molecule has 1 amide bonds. The van der Waals surface area contributed by atoms with Crippen LogP contribution in [-0.4, -0.2) is 29.9 Å². The molecule has 0 atom stereocenters. The van der Waals surface area contributed by atoms with Crippen molar-refractivity contribution in [1.29, 1.82) is 0 Å². The van der Waals surface area contributed by atoms with Crippen LogP contribution in [0.3, 0.4) is 0 Å². The molecule has 0 saturated carbocycles. The highest BCUT2D eigenvalue weighted by Crippen LogP contribution is 2.48. The number of nitrogens with two attached hydrogens (primary N) is 1. The summed E-state index contributed by atoms with van der Waals surface area (Å²) in [5.74, 6) is -0.319. The molecule has 26 heavy (non-hydrogen) atoms. The number of nitrogens with one attached hydrogen (secondary N) is 1. The fourth-order valence-electron chi connectivity index (χ4n) is 4.34. The van der Waals surface area contributed by atoms with Crippen molar-refractivity contribution < 1.29 is 14.3 Å². The summed E-state index contributed by atoms with van der Waals surface area (Å²) in [6.07, 6.45) is 3.33. The van der Waals surface area contributed by atoms with E-state index in [1.165, 1.54) is 12.8 Å². The topological polar surface area (TPSA) is 85.2 Å².